The highest BCUT2D eigenvalue weighted by molar-refractivity contribution is 7.98. The number of carbonyl (C=O) groups is 3. The molecule has 3 unspecified atom stereocenters. The van der Waals surface area contributed by atoms with E-state index >= 15 is 0 Å². The molecule has 164 valence electrons. The van der Waals surface area contributed by atoms with Crippen LogP contribution in [0.3, 0.4) is 0 Å². The van der Waals surface area contributed by atoms with E-state index in [1.807, 2.05) is 18.2 Å². The van der Waals surface area contributed by atoms with Gasteiger partial charge < -0.3 is 25.2 Å². The molecule has 1 aromatic heterocycles. The van der Waals surface area contributed by atoms with Gasteiger partial charge in [0.15, 0.2) is 6.04 Å². The number of benzene rings is 1. The second-order valence-electron chi connectivity index (χ2n) is 7.07. The minimum Gasteiger partial charge on any atom is -0.494 e. The van der Waals surface area contributed by atoms with E-state index in [1.54, 1.807) is 19.1 Å². The number of hydrogen-bond donors (Lipinski definition) is 3. The van der Waals surface area contributed by atoms with E-state index in [4.69, 9.17) is 4.74 Å². The highest BCUT2D eigenvalue weighted by atomic mass is 32.2. The molecule has 10 heteroatoms. The van der Waals surface area contributed by atoms with Gasteiger partial charge in [0.2, 0.25) is 23.6 Å². The predicted molar refractivity (Wildman–Crippen MR) is 114 cm³/mol. The number of aromatic nitrogens is 1. The van der Waals surface area contributed by atoms with Gasteiger partial charge in [-0.15, -0.1) is 0 Å². The lowest BCUT2D eigenvalue weighted by molar-refractivity contribution is -0.161. The van der Waals surface area contributed by atoms with Crippen molar-refractivity contribution in [3.05, 3.63) is 60.2 Å². The number of β-lactam (4-membered cyclic amide) rings is 1. The van der Waals surface area contributed by atoms with E-state index < -0.39 is 29.3 Å². The van der Waals surface area contributed by atoms with Crippen molar-refractivity contribution in [3.63, 3.8) is 0 Å². The lowest BCUT2D eigenvalue weighted by atomic mass is 9.99. The summed E-state index contributed by atoms with van der Waals surface area (Å²) in [7, 11) is 1.20. The van der Waals surface area contributed by atoms with Gasteiger partial charge in [-0.2, -0.15) is 0 Å². The number of nitrogens with one attached hydrogen (secondary N) is 1. The summed E-state index contributed by atoms with van der Waals surface area (Å²) in [5.41, 5.74) is 1.16. The molecule has 1 aromatic carbocycles. The van der Waals surface area contributed by atoms with Crippen LogP contribution in [-0.4, -0.2) is 61.4 Å². The fraction of sp³-hybridized carbons (Fsp3) is 0.286. The Bertz CT molecular complexity index is 986. The van der Waals surface area contributed by atoms with Gasteiger partial charge in [-0.05, 0) is 30.0 Å². The average Bonchev–Trinajstić information content (AvgIpc) is 3.06. The van der Waals surface area contributed by atoms with Crippen LogP contribution in [0.1, 0.15) is 12.5 Å². The Labute approximate surface area is 183 Å². The second kappa shape index (κ2) is 9.17. The molecule has 0 saturated carbocycles. The van der Waals surface area contributed by atoms with Crippen molar-refractivity contribution in [2.45, 2.75) is 30.8 Å². The first-order chi connectivity index (χ1) is 14.7. The van der Waals surface area contributed by atoms with Crippen LogP contribution < -0.4 is 5.32 Å². The second-order valence-corrected chi connectivity index (χ2v) is 8.12. The van der Waals surface area contributed by atoms with E-state index in [2.05, 4.69) is 11.9 Å². The minimum absolute atomic E-state index is 0.0724. The first-order valence-electron chi connectivity index (χ1n) is 9.40. The Balaban J connectivity index is 1.85. The summed E-state index contributed by atoms with van der Waals surface area (Å²) in [6.45, 7) is 5.36. The lowest BCUT2D eigenvalue weighted by Gasteiger charge is -2.49. The summed E-state index contributed by atoms with van der Waals surface area (Å²) < 4.78 is 5.91. The van der Waals surface area contributed by atoms with Crippen LogP contribution in [0.4, 0.5) is 0 Å². The molecular weight excluding hydrogens is 422 g/mol. The number of methoxy groups -OCH3 is 1. The summed E-state index contributed by atoms with van der Waals surface area (Å²) in [5.74, 6) is -2.05. The molecule has 9 nitrogen and oxygen atoms in total. The van der Waals surface area contributed by atoms with Crippen molar-refractivity contribution < 1.29 is 29.3 Å². The van der Waals surface area contributed by atoms with Crippen LogP contribution in [0, 0.1) is 0 Å². The van der Waals surface area contributed by atoms with Crippen molar-refractivity contribution >= 4 is 29.7 Å². The highest BCUT2D eigenvalue weighted by Gasteiger charge is 2.54. The number of rotatable bonds is 8. The molecule has 2 aromatic rings. The minimum atomic E-state index is -1.07. The number of nitrogens with zero attached hydrogens (tertiary/aromatic N) is 2. The Morgan fingerprint density at radius 1 is 1.19 bits per heavy atom. The van der Waals surface area contributed by atoms with Gasteiger partial charge >= 0.3 is 5.97 Å². The van der Waals surface area contributed by atoms with Crippen molar-refractivity contribution in [3.8, 4) is 11.8 Å². The third-order valence-corrected chi connectivity index (χ3v) is 6.08. The molecule has 1 fully saturated rings. The van der Waals surface area contributed by atoms with Gasteiger partial charge in [0.1, 0.15) is 11.4 Å². The van der Waals surface area contributed by atoms with Crippen molar-refractivity contribution in [2.24, 2.45) is 0 Å². The Hall–Kier alpha value is -3.40. The van der Waals surface area contributed by atoms with Crippen molar-refractivity contribution in [2.75, 3.05) is 7.11 Å². The van der Waals surface area contributed by atoms with E-state index in [-0.39, 0.29) is 24.1 Å². The number of amides is 2. The smallest absolute Gasteiger partial charge is 0.332 e. The molecular formula is C21H23N3O6S. The van der Waals surface area contributed by atoms with Gasteiger partial charge in [0.05, 0.1) is 13.5 Å². The third kappa shape index (κ3) is 4.53. The third-order valence-electron chi connectivity index (χ3n) is 4.78. The summed E-state index contributed by atoms with van der Waals surface area (Å²) >= 11 is 0.890. The normalized spacial score (nSPS) is 18.8. The molecule has 3 atom stereocenters. The topological polar surface area (TPSA) is 121 Å². The average molecular weight is 445 g/mol. The monoisotopic (exact) mass is 445 g/mol. The molecule has 3 N–H and O–H groups in total. The molecule has 0 aliphatic carbocycles. The zero-order valence-electron chi connectivity index (χ0n) is 17.0. The molecule has 0 radical (unpaired) electrons. The molecule has 0 spiro atoms. The number of hydrogen-bond acceptors (Lipinski definition) is 7. The molecule has 2 amide bonds. The predicted octanol–water partition coefficient (Wildman–Crippen LogP) is 1.41. The fourth-order valence-corrected chi connectivity index (χ4v) is 4.48. The molecule has 2 heterocycles. The fourth-order valence-electron chi connectivity index (χ4n) is 3.29. The Morgan fingerprint density at radius 2 is 1.81 bits per heavy atom. The number of carbonyl (C=O) groups excluding carboxylic acids is 3. The molecule has 1 aliphatic heterocycles. The van der Waals surface area contributed by atoms with Gasteiger partial charge in [-0.25, -0.2) is 8.77 Å². The summed E-state index contributed by atoms with van der Waals surface area (Å²) in [5, 5.41) is 21.9. The largest absolute Gasteiger partial charge is 0.494 e. The molecule has 31 heavy (non-hydrogen) atoms. The van der Waals surface area contributed by atoms with Gasteiger partial charge in [-0.3, -0.25) is 9.59 Å². The molecule has 1 saturated heterocycles. The molecule has 0 bridgehead atoms. The first-order valence-corrected chi connectivity index (χ1v) is 10.2. The Kier molecular flexibility index (Phi) is 6.59. The molecule has 1 aliphatic rings. The maximum absolute atomic E-state index is 12.9. The summed E-state index contributed by atoms with van der Waals surface area (Å²) in [6, 6.07) is 9.56. The van der Waals surface area contributed by atoms with E-state index in [9.17, 15) is 24.6 Å². The zero-order chi connectivity index (χ0) is 22.7. The van der Waals surface area contributed by atoms with Crippen LogP contribution >= 0.6 is 11.9 Å². The number of esters is 1. The van der Waals surface area contributed by atoms with Gasteiger partial charge in [0.25, 0.3) is 0 Å². The maximum Gasteiger partial charge on any atom is 0.332 e. The van der Waals surface area contributed by atoms with Crippen LogP contribution in [0.5, 0.6) is 11.8 Å². The van der Waals surface area contributed by atoms with Gasteiger partial charge in [-0.1, -0.05) is 36.9 Å². The lowest BCUT2D eigenvalue weighted by Crippen LogP contribution is -2.73. The van der Waals surface area contributed by atoms with Crippen LogP contribution in [0.25, 0.3) is 0 Å². The SMILES string of the molecule is C=C(C)C(C(=O)OC)N1C(=O)C(NC(=O)Cc2ccccc2)C1Sn1c(O)ccc1O. The van der Waals surface area contributed by atoms with Crippen LogP contribution in [0.15, 0.2) is 54.6 Å². The summed E-state index contributed by atoms with van der Waals surface area (Å²) in [4.78, 5) is 39.0. The maximum atomic E-state index is 12.9. The first kappa shape index (κ1) is 22.3. The number of likely N-dealkylation sites (tertiary alicyclic amines) is 1. The zero-order valence-corrected chi connectivity index (χ0v) is 17.8. The van der Waals surface area contributed by atoms with E-state index in [0.29, 0.717) is 5.57 Å². The highest BCUT2D eigenvalue weighted by Crippen LogP contribution is 2.39. The van der Waals surface area contributed by atoms with Gasteiger partial charge in [0, 0.05) is 12.1 Å². The number of aromatic hydroxyl groups is 2. The van der Waals surface area contributed by atoms with Crippen molar-refractivity contribution in [1.82, 2.24) is 14.2 Å². The van der Waals surface area contributed by atoms with Crippen LogP contribution in [-0.2, 0) is 25.5 Å². The van der Waals surface area contributed by atoms with E-state index in [0.717, 1.165) is 21.5 Å². The molecule has 3 rings (SSSR count). The quantitative estimate of drug-likeness (QED) is 0.319. The Morgan fingerprint density at radius 3 is 2.35 bits per heavy atom. The standard InChI is InChI=1S/C21H23N3O6S/c1-12(2)18(21(29)30-3)23-19(28)17(20(23)31-24-15(26)9-10-16(24)27)22-14(25)11-13-7-5-4-6-8-13/h4-10,17-18,20,26-27H,1,11H2,2-3H3,(H,22,25). The van der Waals surface area contributed by atoms with E-state index in [1.165, 1.54) is 24.1 Å². The van der Waals surface area contributed by atoms with Crippen LogP contribution in [0.2, 0.25) is 0 Å². The summed E-state index contributed by atoms with van der Waals surface area (Å²) in [6.07, 6.45) is 0.0724. The number of ether oxygens (including phenoxy) is 1. The van der Waals surface area contributed by atoms with Crippen molar-refractivity contribution in [1.29, 1.82) is 0 Å².